The monoisotopic (exact) mass is 292 g/mol. The first-order valence-corrected chi connectivity index (χ1v) is 8.49. The molecule has 1 saturated carbocycles. The van der Waals surface area contributed by atoms with Gasteiger partial charge in [0.25, 0.3) is 10.2 Å². The van der Waals surface area contributed by atoms with Crippen molar-refractivity contribution in [1.29, 1.82) is 0 Å². The molecule has 0 bridgehead atoms. The van der Waals surface area contributed by atoms with E-state index in [1.54, 1.807) is 0 Å². The average molecular weight is 292 g/mol. The summed E-state index contributed by atoms with van der Waals surface area (Å²) in [6, 6.07) is 0. The molecule has 1 aliphatic carbocycles. The highest BCUT2D eigenvalue weighted by atomic mass is 32.2. The van der Waals surface area contributed by atoms with E-state index in [1.165, 1.54) is 17.1 Å². The smallest absolute Gasteiger partial charge is 0.279 e. The second kappa shape index (κ2) is 6.99. The summed E-state index contributed by atoms with van der Waals surface area (Å²) in [5.74, 6) is 0.764. The molecule has 2 N–H and O–H groups in total. The fraction of sp³-hybridized carbons (Fsp3) is 1.00. The molecule has 0 radical (unpaired) electrons. The fourth-order valence-corrected chi connectivity index (χ4v) is 3.56. The molecule has 1 unspecified atom stereocenters. The van der Waals surface area contributed by atoms with Crippen molar-refractivity contribution in [3.8, 4) is 0 Å². The molecule has 0 spiro atoms. The third-order valence-corrected chi connectivity index (χ3v) is 5.24. The van der Waals surface area contributed by atoms with E-state index < -0.39 is 10.2 Å². The van der Waals surface area contributed by atoms with Gasteiger partial charge in [-0.25, -0.2) is 0 Å². The lowest BCUT2D eigenvalue weighted by atomic mass is 10.0. The summed E-state index contributed by atoms with van der Waals surface area (Å²) >= 11 is 0. The van der Waals surface area contributed by atoms with Crippen LogP contribution in [-0.4, -0.2) is 57.3 Å². The second-order valence-electron chi connectivity index (χ2n) is 5.47. The molecule has 0 amide bonds. The van der Waals surface area contributed by atoms with E-state index in [-0.39, 0.29) is 12.5 Å². The topological polar surface area (TPSA) is 78.9 Å². The number of aliphatic hydroxyl groups is 1. The molecule has 1 saturated heterocycles. The van der Waals surface area contributed by atoms with E-state index in [0.717, 1.165) is 19.4 Å². The minimum absolute atomic E-state index is 0.0521. The number of nitrogens with zero attached hydrogens (tertiary/aromatic N) is 1. The van der Waals surface area contributed by atoms with Crippen LogP contribution >= 0.6 is 0 Å². The van der Waals surface area contributed by atoms with E-state index in [0.29, 0.717) is 32.2 Å². The van der Waals surface area contributed by atoms with Crippen molar-refractivity contribution < 1.29 is 18.3 Å². The Balaban J connectivity index is 1.67. The average Bonchev–Trinajstić information content (AvgIpc) is 3.22. The second-order valence-corrected chi connectivity index (χ2v) is 7.22. The lowest BCUT2D eigenvalue weighted by Gasteiger charge is -2.30. The van der Waals surface area contributed by atoms with Gasteiger partial charge < -0.3 is 9.84 Å². The minimum atomic E-state index is -3.42. The van der Waals surface area contributed by atoms with Gasteiger partial charge in [0.05, 0.1) is 6.61 Å². The van der Waals surface area contributed by atoms with Crippen LogP contribution in [0.15, 0.2) is 0 Å². The zero-order chi connectivity index (χ0) is 13.7. The highest BCUT2D eigenvalue weighted by molar-refractivity contribution is 7.87. The van der Waals surface area contributed by atoms with Crippen LogP contribution in [-0.2, 0) is 14.9 Å². The van der Waals surface area contributed by atoms with Gasteiger partial charge in [0.2, 0.25) is 0 Å². The predicted molar refractivity (Wildman–Crippen MR) is 71.8 cm³/mol. The number of hydrogen-bond donors (Lipinski definition) is 2. The van der Waals surface area contributed by atoms with Gasteiger partial charge in [0.1, 0.15) is 0 Å². The van der Waals surface area contributed by atoms with Gasteiger partial charge in [-0.3, -0.25) is 0 Å². The predicted octanol–water partition coefficient (Wildman–Crippen LogP) is -0.0483. The van der Waals surface area contributed by atoms with Crippen LogP contribution in [0.25, 0.3) is 0 Å². The van der Waals surface area contributed by atoms with E-state index in [1.807, 2.05) is 0 Å². The van der Waals surface area contributed by atoms with Crippen LogP contribution in [0.1, 0.15) is 25.7 Å². The third-order valence-electron chi connectivity index (χ3n) is 3.66. The summed E-state index contributed by atoms with van der Waals surface area (Å²) in [7, 11) is -3.42. The lowest BCUT2D eigenvalue weighted by molar-refractivity contribution is 0.128. The Kier molecular flexibility index (Phi) is 5.58. The zero-order valence-corrected chi connectivity index (χ0v) is 12.1. The van der Waals surface area contributed by atoms with Crippen LogP contribution in [0, 0.1) is 11.8 Å². The van der Waals surface area contributed by atoms with Crippen molar-refractivity contribution in [2.24, 2.45) is 11.8 Å². The molecule has 2 fully saturated rings. The molecule has 112 valence electrons. The van der Waals surface area contributed by atoms with E-state index in [9.17, 15) is 8.42 Å². The Labute approximate surface area is 115 Å². The third kappa shape index (κ3) is 5.00. The lowest BCUT2D eigenvalue weighted by Crippen LogP contribution is -2.47. The Morgan fingerprint density at radius 3 is 2.74 bits per heavy atom. The molecule has 6 nitrogen and oxygen atoms in total. The zero-order valence-electron chi connectivity index (χ0n) is 11.3. The van der Waals surface area contributed by atoms with Crippen molar-refractivity contribution in [3.05, 3.63) is 0 Å². The fourth-order valence-electron chi connectivity index (χ4n) is 2.26. The van der Waals surface area contributed by atoms with Crippen molar-refractivity contribution in [1.82, 2.24) is 9.03 Å². The van der Waals surface area contributed by atoms with Gasteiger partial charge in [0.15, 0.2) is 0 Å². The standard InChI is InChI=1S/C12H24N2O4S/c15-9-12-2-1-6-14(8-12)19(16,17)13-5-7-18-10-11-3-4-11/h11-13,15H,1-10H2. The first kappa shape index (κ1) is 15.2. The SMILES string of the molecule is O=S(=O)(NCCOCC1CC1)N1CCCC(CO)C1. The molecular weight excluding hydrogens is 268 g/mol. The summed E-state index contributed by atoms with van der Waals surface area (Å²) in [5.41, 5.74) is 0. The first-order chi connectivity index (χ1) is 9.12. The molecule has 19 heavy (non-hydrogen) atoms. The van der Waals surface area contributed by atoms with E-state index in [4.69, 9.17) is 9.84 Å². The summed E-state index contributed by atoms with van der Waals surface area (Å²) in [5, 5.41) is 9.12. The van der Waals surface area contributed by atoms with Gasteiger partial charge in [-0.05, 0) is 37.5 Å². The van der Waals surface area contributed by atoms with Gasteiger partial charge in [-0.15, -0.1) is 0 Å². The van der Waals surface area contributed by atoms with Crippen LogP contribution in [0.4, 0.5) is 0 Å². The van der Waals surface area contributed by atoms with Crippen LogP contribution in [0.5, 0.6) is 0 Å². The Morgan fingerprint density at radius 2 is 2.05 bits per heavy atom. The normalized spacial score (nSPS) is 25.6. The van der Waals surface area contributed by atoms with Crippen molar-refractivity contribution in [2.45, 2.75) is 25.7 Å². The van der Waals surface area contributed by atoms with Gasteiger partial charge in [-0.1, -0.05) is 0 Å². The van der Waals surface area contributed by atoms with Crippen molar-refractivity contribution >= 4 is 10.2 Å². The Morgan fingerprint density at radius 1 is 1.26 bits per heavy atom. The highest BCUT2D eigenvalue weighted by Crippen LogP contribution is 2.28. The summed E-state index contributed by atoms with van der Waals surface area (Å²) in [6.07, 6.45) is 4.18. The molecule has 2 aliphatic rings. The molecule has 0 aromatic carbocycles. The summed E-state index contributed by atoms with van der Waals surface area (Å²) < 4.78 is 33.5. The molecular formula is C12H24N2O4S. The molecule has 2 rings (SSSR count). The Hall–Kier alpha value is -0.210. The Bertz CT molecular complexity index is 370. The van der Waals surface area contributed by atoms with Crippen LogP contribution in [0.2, 0.25) is 0 Å². The molecule has 7 heteroatoms. The molecule has 1 aliphatic heterocycles. The highest BCUT2D eigenvalue weighted by Gasteiger charge is 2.28. The number of piperidine rings is 1. The number of rotatable bonds is 8. The largest absolute Gasteiger partial charge is 0.396 e. The molecule has 1 atom stereocenters. The number of aliphatic hydroxyl groups excluding tert-OH is 1. The van der Waals surface area contributed by atoms with Crippen molar-refractivity contribution in [3.63, 3.8) is 0 Å². The van der Waals surface area contributed by atoms with E-state index >= 15 is 0 Å². The molecule has 0 aromatic rings. The molecule has 1 heterocycles. The number of hydrogen-bond acceptors (Lipinski definition) is 4. The number of ether oxygens (including phenoxy) is 1. The maximum atomic E-state index is 12.0. The van der Waals surface area contributed by atoms with Gasteiger partial charge in [-0.2, -0.15) is 17.4 Å². The van der Waals surface area contributed by atoms with Crippen LogP contribution < -0.4 is 4.72 Å². The summed E-state index contributed by atoms with van der Waals surface area (Å²) in [6.45, 7) is 2.49. The van der Waals surface area contributed by atoms with Gasteiger partial charge in [0, 0.05) is 32.8 Å². The molecule has 0 aromatic heterocycles. The van der Waals surface area contributed by atoms with Gasteiger partial charge >= 0.3 is 0 Å². The number of nitrogens with one attached hydrogen (secondary N) is 1. The minimum Gasteiger partial charge on any atom is -0.396 e. The summed E-state index contributed by atoms with van der Waals surface area (Å²) in [4.78, 5) is 0. The first-order valence-electron chi connectivity index (χ1n) is 7.05. The van der Waals surface area contributed by atoms with Crippen LogP contribution in [0.3, 0.4) is 0 Å². The maximum Gasteiger partial charge on any atom is 0.279 e. The maximum absolute atomic E-state index is 12.0. The quantitative estimate of drug-likeness (QED) is 0.615. The van der Waals surface area contributed by atoms with Crippen molar-refractivity contribution in [2.75, 3.05) is 39.5 Å². The van der Waals surface area contributed by atoms with E-state index in [2.05, 4.69) is 4.72 Å².